The maximum absolute atomic E-state index is 12.4. The van der Waals surface area contributed by atoms with Crippen LogP contribution in [-0.2, 0) is 4.79 Å². The van der Waals surface area contributed by atoms with Gasteiger partial charge in [-0.05, 0) is 50.4 Å². The van der Waals surface area contributed by atoms with Crippen molar-refractivity contribution in [1.29, 1.82) is 0 Å². The lowest BCUT2D eigenvalue weighted by Crippen LogP contribution is -2.49. The highest BCUT2D eigenvalue weighted by atomic mass is 16.2. The number of anilines is 1. The number of carbonyl (C=O) groups excluding carboxylic acids is 1. The monoisotopic (exact) mass is 301 g/mol. The van der Waals surface area contributed by atoms with Crippen molar-refractivity contribution in [2.24, 2.45) is 5.92 Å². The van der Waals surface area contributed by atoms with Crippen LogP contribution in [0.2, 0.25) is 0 Å². The van der Waals surface area contributed by atoms with Crippen LogP contribution in [0.15, 0.2) is 24.3 Å². The van der Waals surface area contributed by atoms with Crippen LogP contribution in [0.4, 0.5) is 5.69 Å². The number of benzene rings is 1. The molecule has 4 heteroatoms. The molecule has 0 aliphatic carbocycles. The average molecular weight is 301 g/mol. The molecule has 0 saturated carbocycles. The number of nitrogens with zero attached hydrogens (tertiary/aromatic N) is 2. The molecule has 2 aliphatic heterocycles. The summed E-state index contributed by atoms with van der Waals surface area (Å²) < 4.78 is 0. The fourth-order valence-corrected chi connectivity index (χ4v) is 3.56. The summed E-state index contributed by atoms with van der Waals surface area (Å²) in [5, 5.41) is 3.37. The topological polar surface area (TPSA) is 35.6 Å². The van der Waals surface area contributed by atoms with Gasteiger partial charge in [-0.2, -0.15) is 0 Å². The number of piperazine rings is 1. The number of carbonyl (C=O) groups is 1. The van der Waals surface area contributed by atoms with Gasteiger partial charge in [0.1, 0.15) is 0 Å². The Balaban J connectivity index is 1.46. The normalized spacial score (nSPS) is 22.1. The van der Waals surface area contributed by atoms with Crippen molar-refractivity contribution in [3.63, 3.8) is 0 Å². The van der Waals surface area contributed by atoms with Gasteiger partial charge < -0.3 is 15.1 Å². The Morgan fingerprint density at radius 2 is 2.00 bits per heavy atom. The third kappa shape index (κ3) is 3.61. The van der Waals surface area contributed by atoms with Crippen molar-refractivity contribution >= 4 is 11.6 Å². The maximum atomic E-state index is 12.4. The first-order valence-electron chi connectivity index (χ1n) is 8.53. The minimum atomic E-state index is 0.344. The molecule has 0 bridgehead atoms. The lowest BCUT2D eigenvalue weighted by Gasteiger charge is -2.37. The van der Waals surface area contributed by atoms with E-state index < -0.39 is 0 Å². The lowest BCUT2D eigenvalue weighted by molar-refractivity contribution is -0.131. The summed E-state index contributed by atoms with van der Waals surface area (Å²) in [7, 11) is 0. The molecule has 4 nitrogen and oxygen atoms in total. The molecule has 1 N–H and O–H groups in total. The van der Waals surface area contributed by atoms with Crippen molar-refractivity contribution in [2.75, 3.05) is 44.2 Å². The van der Waals surface area contributed by atoms with Gasteiger partial charge in [0.2, 0.25) is 5.91 Å². The minimum absolute atomic E-state index is 0.344. The van der Waals surface area contributed by atoms with Crippen LogP contribution < -0.4 is 10.2 Å². The molecule has 1 aromatic carbocycles. The van der Waals surface area contributed by atoms with E-state index in [-0.39, 0.29) is 0 Å². The van der Waals surface area contributed by atoms with E-state index in [0.29, 0.717) is 11.8 Å². The fraction of sp³-hybridized carbons (Fsp3) is 0.611. The Morgan fingerprint density at radius 1 is 1.23 bits per heavy atom. The summed E-state index contributed by atoms with van der Waals surface area (Å²) in [4.78, 5) is 16.8. The van der Waals surface area contributed by atoms with Crippen molar-refractivity contribution in [1.82, 2.24) is 10.2 Å². The Kier molecular flexibility index (Phi) is 4.98. The Bertz CT molecular complexity index is 503. The standard InChI is InChI=1S/C18H27N3O/c1-15-4-2-3-5-17(15)20-10-12-21(13-11-20)18(22)7-6-16-8-9-19-14-16/h2-5,16,19H,6-14H2,1H3. The predicted molar refractivity (Wildman–Crippen MR) is 90.2 cm³/mol. The van der Waals surface area contributed by atoms with Crippen LogP contribution in [0.5, 0.6) is 0 Å². The molecule has 2 aliphatic rings. The van der Waals surface area contributed by atoms with E-state index >= 15 is 0 Å². The zero-order valence-corrected chi connectivity index (χ0v) is 13.6. The molecule has 1 amide bonds. The zero-order valence-electron chi connectivity index (χ0n) is 13.6. The van der Waals surface area contributed by atoms with Gasteiger partial charge in [-0.15, -0.1) is 0 Å². The van der Waals surface area contributed by atoms with Crippen LogP contribution in [0.1, 0.15) is 24.8 Å². The van der Waals surface area contributed by atoms with Gasteiger partial charge in [0.15, 0.2) is 0 Å². The van der Waals surface area contributed by atoms with Gasteiger partial charge in [0.25, 0.3) is 0 Å². The highest BCUT2D eigenvalue weighted by Crippen LogP contribution is 2.21. The van der Waals surface area contributed by atoms with E-state index in [2.05, 4.69) is 46.3 Å². The highest BCUT2D eigenvalue weighted by molar-refractivity contribution is 5.76. The summed E-state index contributed by atoms with van der Waals surface area (Å²) >= 11 is 0. The number of amides is 1. The number of aryl methyl sites for hydroxylation is 1. The fourth-order valence-electron chi connectivity index (χ4n) is 3.56. The van der Waals surface area contributed by atoms with E-state index in [4.69, 9.17) is 0 Å². The molecule has 1 unspecified atom stereocenters. The number of rotatable bonds is 4. The number of para-hydroxylation sites is 1. The Hall–Kier alpha value is -1.55. The number of hydrogen-bond donors (Lipinski definition) is 1. The smallest absolute Gasteiger partial charge is 0.222 e. The van der Waals surface area contributed by atoms with Gasteiger partial charge in [-0.25, -0.2) is 0 Å². The van der Waals surface area contributed by atoms with E-state index in [1.807, 2.05) is 0 Å². The third-order valence-electron chi connectivity index (χ3n) is 5.02. The Morgan fingerprint density at radius 3 is 2.68 bits per heavy atom. The second kappa shape index (κ2) is 7.14. The SMILES string of the molecule is Cc1ccccc1N1CCN(C(=O)CCC2CCNC2)CC1. The second-order valence-corrected chi connectivity index (χ2v) is 6.55. The van der Waals surface area contributed by atoms with Crippen LogP contribution >= 0.6 is 0 Å². The van der Waals surface area contributed by atoms with Crippen molar-refractivity contribution in [2.45, 2.75) is 26.2 Å². The molecular formula is C18H27N3O. The number of hydrogen-bond acceptors (Lipinski definition) is 3. The number of nitrogens with one attached hydrogen (secondary N) is 1. The average Bonchev–Trinajstić information content (AvgIpc) is 3.07. The van der Waals surface area contributed by atoms with E-state index in [9.17, 15) is 4.79 Å². The molecule has 2 fully saturated rings. The zero-order chi connectivity index (χ0) is 15.4. The molecule has 22 heavy (non-hydrogen) atoms. The van der Waals surface area contributed by atoms with Gasteiger partial charge in [-0.1, -0.05) is 18.2 Å². The van der Waals surface area contributed by atoms with Gasteiger partial charge in [-0.3, -0.25) is 4.79 Å². The van der Waals surface area contributed by atoms with Crippen LogP contribution in [-0.4, -0.2) is 50.1 Å². The summed E-state index contributed by atoms with van der Waals surface area (Å²) in [5.41, 5.74) is 2.63. The largest absolute Gasteiger partial charge is 0.368 e. The van der Waals surface area contributed by atoms with Gasteiger partial charge in [0.05, 0.1) is 0 Å². The summed E-state index contributed by atoms with van der Waals surface area (Å²) in [6, 6.07) is 8.51. The molecular weight excluding hydrogens is 274 g/mol. The molecule has 120 valence electrons. The van der Waals surface area contributed by atoms with Crippen molar-refractivity contribution < 1.29 is 4.79 Å². The van der Waals surface area contributed by atoms with Gasteiger partial charge in [0, 0.05) is 38.3 Å². The molecule has 3 rings (SSSR count). The van der Waals surface area contributed by atoms with Gasteiger partial charge >= 0.3 is 0 Å². The van der Waals surface area contributed by atoms with E-state index in [1.165, 1.54) is 17.7 Å². The van der Waals surface area contributed by atoms with Crippen LogP contribution in [0, 0.1) is 12.8 Å². The summed E-state index contributed by atoms with van der Waals surface area (Å²) in [5.74, 6) is 1.05. The predicted octanol–water partition coefficient (Wildman–Crippen LogP) is 2.03. The highest BCUT2D eigenvalue weighted by Gasteiger charge is 2.23. The first-order valence-corrected chi connectivity index (χ1v) is 8.53. The molecule has 0 spiro atoms. The van der Waals surface area contributed by atoms with Crippen LogP contribution in [0.3, 0.4) is 0 Å². The lowest BCUT2D eigenvalue weighted by atomic mass is 10.0. The quantitative estimate of drug-likeness (QED) is 0.924. The van der Waals surface area contributed by atoms with Crippen molar-refractivity contribution in [3.05, 3.63) is 29.8 Å². The third-order valence-corrected chi connectivity index (χ3v) is 5.02. The molecule has 2 saturated heterocycles. The van der Waals surface area contributed by atoms with E-state index in [1.54, 1.807) is 0 Å². The molecule has 2 heterocycles. The molecule has 1 atom stereocenters. The summed E-state index contributed by atoms with van der Waals surface area (Å²) in [6.07, 6.45) is 2.99. The maximum Gasteiger partial charge on any atom is 0.222 e. The van der Waals surface area contributed by atoms with E-state index in [0.717, 1.165) is 52.1 Å². The first kappa shape index (κ1) is 15.3. The molecule has 0 radical (unpaired) electrons. The second-order valence-electron chi connectivity index (χ2n) is 6.55. The first-order chi connectivity index (χ1) is 10.7. The summed E-state index contributed by atoms with van der Waals surface area (Å²) in [6.45, 7) is 7.97. The Labute approximate surface area is 133 Å². The minimum Gasteiger partial charge on any atom is -0.368 e. The van der Waals surface area contributed by atoms with Crippen molar-refractivity contribution in [3.8, 4) is 0 Å². The molecule has 1 aromatic rings. The van der Waals surface area contributed by atoms with Crippen LogP contribution in [0.25, 0.3) is 0 Å². The molecule has 0 aromatic heterocycles.